The van der Waals surface area contributed by atoms with Gasteiger partial charge in [-0.25, -0.2) is 9.38 Å². The second kappa shape index (κ2) is 10.0. The predicted molar refractivity (Wildman–Crippen MR) is 114 cm³/mol. The van der Waals surface area contributed by atoms with Crippen LogP contribution >= 0.6 is 0 Å². The van der Waals surface area contributed by atoms with Crippen molar-refractivity contribution in [3.8, 4) is 0 Å². The van der Waals surface area contributed by atoms with Crippen LogP contribution in [-0.4, -0.2) is 41.8 Å². The standard InChI is InChI=1S/C23H29FN4O/c1-3-25-23(27(2)16-20-6-4-7-21(24)14-20)26-15-18-9-11-19(12-10-18)17-28-13-5-8-22(28)29/h4,6-7,9-12,14H,3,5,8,13,15-17H2,1-2H3,(H,25,26). The van der Waals surface area contributed by atoms with Crippen molar-refractivity contribution in [2.24, 2.45) is 4.99 Å². The molecule has 0 radical (unpaired) electrons. The number of guanidine groups is 1. The topological polar surface area (TPSA) is 47.9 Å². The molecule has 0 saturated carbocycles. The van der Waals surface area contributed by atoms with E-state index in [2.05, 4.69) is 29.6 Å². The van der Waals surface area contributed by atoms with E-state index in [1.54, 1.807) is 12.1 Å². The SMILES string of the molecule is CCNC(=NCc1ccc(CN2CCCC2=O)cc1)N(C)Cc1cccc(F)c1. The fourth-order valence-corrected chi connectivity index (χ4v) is 3.46. The van der Waals surface area contributed by atoms with Crippen LogP contribution in [0.15, 0.2) is 53.5 Å². The maximum Gasteiger partial charge on any atom is 0.222 e. The van der Waals surface area contributed by atoms with E-state index in [0.29, 0.717) is 26.1 Å². The van der Waals surface area contributed by atoms with Gasteiger partial charge >= 0.3 is 0 Å². The highest BCUT2D eigenvalue weighted by molar-refractivity contribution is 5.79. The van der Waals surface area contributed by atoms with Crippen LogP contribution in [0.5, 0.6) is 0 Å². The summed E-state index contributed by atoms with van der Waals surface area (Å²) in [6.45, 7) is 5.45. The highest BCUT2D eigenvalue weighted by Crippen LogP contribution is 2.15. The highest BCUT2D eigenvalue weighted by atomic mass is 19.1. The Morgan fingerprint density at radius 3 is 2.59 bits per heavy atom. The molecular formula is C23H29FN4O. The van der Waals surface area contributed by atoms with Gasteiger partial charge in [0, 0.05) is 39.6 Å². The summed E-state index contributed by atoms with van der Waals surface area (Å²) in [5.74, 6) is 0.798. The summed E-state index contributed by atoms with van der Waals surface area (Å²) in [6.07, 6.45) is 1.63. The van der Waals surface area contributed by atoms with Gasteiger partial charge < -0.3 is 15.1 Å². The first-order valence-corrected chi connectivity index (χ1v) is 10.1. The molecule has 0 aliphatic carbocycles. The molecule has 0 atom stereocenters. The minimum Gasteiger partial charge on any atom is -0.357 e. The lowest BCUT2D eigenvalue weighted by Gasteiger charge is -2.22. The summed E-state index contributed by atoms with van der Waals surface area (Å²) in [5, 5.41) is 3.29. The zero-order chi connectivity index (χ0) is 20.6. The third kappa shape index (κ3) is 6.04. The third-order valence-electron chi connectivity index (χ3n) is 4.98. The lowest BCUT2D eigenvalue weighted by Crippen LogP contribution is -2.38. The van der Waals surface area contributed by atoms with E-state index in [1.165, 1.54) is 6.07 Å². The number of halogens is 1. The monoisotopic (exact) mass is 396 g/mol. The Morgan fingerprint density at radius 1 is 1.17 bits per heavy atom. The Morgan fingerprint density at radius 2 is 1.93 bits per heavy atom. The molecule has 0 bridgehead atoms. The molecule has 1 fully saturated rings. The molecule has 1 N–H and O–H groups in total. The van der Waals surface area contributed by atoms with Gasteiger partial charge in [-0.05, 0) is 42.2 Å². The molecule has 0 spiro atoms. The van der Waals surface area contributed by atoms with Crippen LogP contribution in [0.25, 0.3) is 0 Å². The van der Waals surface area contributed by atoms with Gasteiger partial charge in [0.1, 0.15) is 5.82 Å². The van der Waals surface area contributed by atoms with Crippen LogP contribution in [0.4, 0.5) is 4.39 Å². The number of nitrogens with zero attached hydrogens (tertiary/aromatic N) is 3. The van der Waals surface area contributed by atoms with E-state index in [-0.39, 0.29) is 11.7 Å². The molecule has 29 heavy (non-hydrogen) atoms. The van der Waals surface area contributed by atoms with Gasteiger partial charge in [0.2, 0.25) is 5.91 Å². The summed E-state index contributed by atoms with van der Waals surface area (Å²) >= 11 is 0. The molecule has 154 valence electrons. The molecule has 0 unspecified atom stereocenters. The van der Waals surface area contributed by atoms with Crippen molar-refractivity contribution < 1.29 is 9.18 Å². The second-order valence-corrected chi connectivity index (χ2v) is 7.39. The summed E-state index contributed by atoms with van der Waals surface area (Å²) in [5.41, 5.74) is 3.15. The number of hydrogen-bond donors (Lipinski definition) is 1. The molecule has 1 aliphatic heterocycles. The molecule has 6 heteroatoms. The van der Waals surface area contributed by atoms with E-state index in [4.69, 9.17) is 4.99 Å². The van der Waals surface area contributed by atoms with Crippen LogP contribution < -0.4 is 5.32 Å². The minimum absolute atomic E-state index is 0.228. The van der Waals surface area contributed by atoms with Gasteiger partial charge in [-0.15, -0.1) is 0 Å². The third-order valence-corrected chi connectivity index (χ3v) is 4.98. The molecule has 3 rings (SSSR count). The highest BCUT2D eigenvalue weighted by Gasteiger charge is 2.19. The summed E-state index contributed by atoms with van der Waals surface area (Å²) in [4.78, 5) is 20.4. The average Bonchev–Trinajstić information content (AvgIpc) is 3.10. The van der Waals surface area contributed by atoms with Crippen molar-refractivity contribution in [1.82, 2.24) is 15.1 Å². The van der Waals surface area contributed by atoms with Crippen LogP contribution in [0.1, 0.15) is 36.5 Å². The van der Waals surface area contributed by atoms with E-state index < -0.39 is 0 Å². The summed E-state index contributed by atoms with van der Waals surface area (Å²) < 4.78 is 13.4. The Bertz CT molecular complexity index is 850. The van der Waals surface area contributed by atoms with E-state index in [0.717, 1.165) is 42.2 Å². The first-order valence-electron chi connectivity index (χ1n) is 10.1. The Labute approximate surface area is 172 Å². The average molecular weight is 397 g/mol. The van der Waals surface area contributed by atoms with Gasteiger partial charge in [0.05, 0.1) is 6.54 Å². The summed E-state index contributed by atoms with van der Waals surface area (Å²) in [6, 6.07) is 14.9. The van der Waals surface area contributed by atoms with Crippen molar-refractivity contribution in [1.29, 1.82) is 0 Å². The Balaban J connectivity index is 1.60. The van der Waals surface area contributed by atoms with Gasteiger partial charge in [0.25, 0.3) is 0 Å². The number of carbonyl (C=O) groups is 1. The largest absolute Gasteiger partial charge is 0.357 e. The maximum atomic E-state index is 13.4. The van der Waals surface area contributed by atoms with Crippen molar-refractivity contribution in [3.05, 3.63) is 71.0 Å². The molecule has 2 aromatic carbocycles. The van der Waals surface area contributed by atoms with Crippen molar-refractivity contribution in [3.63, 3.8) is 0 Å². The number of likely N-dealkylation sites (tertiary alicyclic amines) is 1. The maximum absolute atomic E-state index is 13.4. The number of rotatable bonds is 7. The van der Waals surface area contributed by atoms with Crippen LogP contribution in [0.3, 0.4) is 0 Å². The quantitative estimate of drug-likeness (QED) is 0.575. The van der Waals surface area contributed by atoms with E-state index >= 15 is 0 Å². The van der Waals surface area contributed by atoms with Gasteiger partial charge in [-0.2, -0.15) is 0 Å². The number of benzene rings is 2. The van der Waals surface area contributed by atoms with E-state index in [9.17, 15) is 9.18 Å². The van der Waals surface area contributed by atoms with E-state index in [1.807, 2.05) is 29.8 Å². The number of hydrogen-bond acceptors (Lipinski definition) is 2. The molecule has 1 heterocycles. The molecule has 1 saturated heterocycles. The fraction of sp³-hybridized carbons (Fsp3) is 0.391. The number of carbonyl (C=O) groups excluding carboxylic acids is 1. The first kappa shape index (κ1) is 20.8. The van der Waals surface area contributed by atoms with Crippen LogP contribution in [0.2, 0.25) is 0 Å². The van der Waals surface area contributed by atoms with Crippen molar-refractivity contribution >= 4 is 11.9 Å². The zero-order valence-electron chi connectivity index (χ0n) is 17.2. The number of nitrogens with one attached hydrogen (secondary N) is 1. The molecule has 0 aromatic heterocycles. The predicted octanol–water partition coefficient (Wildman–Crippen LogP) is 3.55. The lowest BCUT2D eigenvalue weighted by atomic mass is 10.1. The smallest absolute Gasteiger partial charge is 0.222 e. The van der Waals surface area contributed by atoms with Gasteiger partial charge in [0.15, 0.2) is 5.96 Å². The molecule has 5 nitrogen and oxygen atoms in total. The molecular weight excluding hydrogens is 367 g/mol. The fourth-order valence-electron chi connectivity index (χ4n) is 3.46. The zero-order valence-corrected chi connectivity index (χ0v) is 17.2. The Hall–Kier alpha value is -2.89. The lowest BCUT2D eigenvalue weighted by molar-refractivity contribution is -0.128. The molecule has 1 aliphatic rings. The minimum atomic E-state index is -0.228. The Kier molecular flexibility index (Phi) is 7.22. The first-order chi connectivity index (χ1) is 14.0. The second-order valence-electron chi connectivity index (χ2n) is 7.39. The van der Waals surface area contributed by atoms with Crippen molar-refractivity contribution in [2.75, 3.05) is 20.1 Å². The number of amides is 1. The van der Waals surface area contributed by atoms with Gasteiger partial charge in [-0.1, -0.05) is 36.4 Å². The van der Waals surface area contributed by atoms with Gasteiger partial charge in [-0.3, -0.25) is 4.79 Å². The normalized spacial score (nSPS) is 14.4. The van der Waals surface area contributed by atoms with Crippen LogP contribution in [0, 0.1) is 5.82 Å². The van der Waals surface area contributed by atoms with Crippen molar-refractivity contribution in [2.45, 2.75) is 39.4 Å². The molecule has 1 amide bonds. The summed E-state index contributed by atoms with van der Waals surface area (Å²) in [7, 11) is 1.95. The van der Waals surface area contributed by atoms with Crippen LogP contribution in [-0.2, 0) is 24.4 Å². The molecule has 2 aromatic rings. The number of aliphatic imine (C=N–C) groups is 1.